The molecule has 124 valence electrons. The van der Waals surface area contributed by atoms with E-state index in [-0.39, 0.29) is 16.6 Å². The van der Waals surface area contributed by atoms with Crippen molar-refractivity contribution in [3.05, 3.63) is 69.9 Å². The smallest absolute Gasteiger partial charge is 0.289 e. The average Bonchev–Trinajstić information content (AvgIpc) is 3.17. The first-order valence-electron chi connectivity index (χ1n) is 6.73. The largest absolute Gasteiger partial charge is 0.416 e. The van der Waals surface area contributed by atoms with E-state index in [2.05, 4.69) is 0 Å². The van der Waals surface area contributed by atoms with Crippen molar-refractivity contribution in [2.45, 2.75) is 12.4 Å². The molecule has 0 saturated carbocycles. The van der Waals surface area contributed by atoms with Crippen LogP contribution in [-0.4, -0.2) is 0 Å². The highest BCUT2D eigenvalue weighted by Crippen LogP contribution is 2.38. The zero-order valence-electron chi connectivity index (χ0n) is 11.8. The molecule has 0 atom stereocenters. The molecule has 0 aliphatic rings. The van der Waals surface area contributed by atoms with Crippen molar-refractivity contribution >= 4 is 0 Å². The quantitative estimate of drug-likeness (QED) is 0.578. The Kier molecular flexibility index (Phi) is 3.55. The molecule has 3 rings (SSSR count). The lowest BCUT2D eigenvalue weighted by Crippen LogP contribution is -2.03. The van der Waals surface area contributed by atoms with Crippen LogP contribution in [0.1, 0.15) is 11.1 Å². The molecule has 0 N–H and O–H groups in total. The molecule has 0 unspecified atom stereocenters. The van der Waals surface area contributed by atoms with Crippen LogP contribution >= 0.6 is 0 Å². The summed E-state index contributed by atoms with van der Waals surface area (Å²) >= 11 is 0. The van der Waals surface area contributed by atoms with Gasteiger partial charge >= 0.3 is 12.4 Å². The molecule has 0 bridgehead atoms. The number of rotatable bonds is 2. The van der Waals surface area contributed by atoms with E-state index in [1.54, 1.807) is 0 Å². The van der Waals surface area contributed by atoms with Gasteiger partial charge in [-0.05, 0) is 35.4 Å². The normalized spacial score (nSPS) is 12.8. The van der Waals surface area contributed by atoms with Crippen LogP contribution in [-0.2, 0) is 12.4 Å². The molecule has 0 aliphatic heterocycles. The van der Waals surface area contributed by atoms with Gasteiger partial charge < -0.3 is 0 Å². The topological polar surface area (TPSA) is 17.1 Å². The SMILES string of the molecule is O=c1c(-c2ccc(C(F)(F)F)cc2)c1-c1ccc(C(F)(F)F)cc1. The minimum atomic E-state index is -4.48. The Morgan fingerprint density at radius 3 is 1.08 bits per heavy atom. The van der Waals surface area contributed by atoms with Crippen LogP contribution in [0.25, 0.3) is 22.3 Å². The number of halogens is 6. The third-order valence-corrected chi connectivity index (χ3v) is 3.64. The maximum Gasteiger partial charge on any atom is 0.416 e. The summed E-state index contributed by atoms with van der Waals surface area (Å²) in [5, 5.41) is 0. The Morgan fingerprint density at radius 2 is 0.833 bits per heavy atom. The van der Waals surface area contributed by atoms with E-state index in [0.717, 1.165) is 24.3 Å². The van der Waals surface area contributed by atoms with Gasteiger partial charge in [0.2, 0.25) is 0 Å². The van der Waals surface area contributed by atoms with Crippen LogP contribution in [0, 0.1) is 0 Å². The first-order valence-corrected chi connectivity index (χ1v) is 6.73. The summed E-state index contributed by atoms with van der Waals surface area (Å²) in [6.07, 6.45) is -8.95. The second-order valence-electron chi connectivity index (χ2n) is 5.23. The Hall–Kier alpha value is -2.57. The van der Waals surface area contributed by atoms with E-state index in [0.29, 0.717) is 11.1 Å². The van der Waals surface area contributed by atoms with Gasteiger partial charge in [-0.3, -0.25) is 4.79 Å². The van der Waals surface area contributed by atoms with Gasteiger partial charge in [0.25, 0.3) is 0 Å². The minimum Gasteiger partial charge on any atom is -0.289 e. The lowest BCUT2D eigenvalue weighted by Gasteiger charge is -2.06. The molecule has 24 heavy (non-hydrogen) atoms. The average molecular weight is 342 g/mol. The zero-order chi connectivity index (χ0) is 17.7. The van der Waals surface area contributed by atoms with Crippen molar-refractivity contribution in [1.82, 2.24) is 0 Å². The Labute approximate surface area is 131 Å². The van der Waals surface area contributed by atoms with Gasteiger partial charge in [-0.25, -0.2) is 0 Å². The summed E-state index contributed by atoms with van der Waals surface area (Å²) < 4.78 is 75.1. The number of benzene rings is 2. The summed E-state index contributed by atoms with van der Waals surface area (Å²) in [6, 6.07) is 8.13. The van der Waals surface area contributed by atoms with E-state index < -0.39 is 23.5 Å². The summed E-state index contributed by atoms with van der Waals surface area (Å²) in [7, 11) is 0. The third kappa shape index (κ3) is 2.93. The van der Waals surface area contributed by atoms with Crippen LogP contribution in [0.2, 0.25) is 0 Å². The number of alkyl halides is 6. The van der Waals surface area contributed by atoms with Gasteiger partial charge in [0.1, 0.15) is 0 Å². The second-order valence-corrected chi connectivity index (χ2v) is 5.23. The fraction of sp³-hybridized carbons (Fsp3) is 0.118. The molecule has 0 aliphatic carbocycles. The minimum absolute atomic E-state index is 0.225. The summed E-state index contributed by atoms with van der Waals surface area (Å²) in [6.45, 7) is 0. The Bertz CT molecular complexity index is 803. The molecule has 0 aromatic heterocycles. The van der Waals surface area contributed by atoms with Gasteiger partial charge in [-0.15, -0.1) is 0 Å². The highest BCUT2D eigenvalue weighted by Gasteiger charge is 2.32. The van der Waals surface area contributed by atoms with Crippen LogP contribution in [0.3, 0.4) is 0 Å². The number of hydrogen-bond acceptors (Lipinski definition) is 1. The van der Waals surface area contributed by atoms with Crippen molar-refractivity contribution in [3.8, 4) is 22.3 Å². The molecule has 0 amide bonds. The molecule has 7 heteroatoms. The highest BCUT2D eigenvalue weighted by molar-refractivity contribution is 5.94. The van der Waals surface area contributed by atoms with E-state index in [9.17, 15) is 31.1 Å². The molecule has 3 aromatic rings. The van der Waals surface area contributed by atoms with Gasteiger partial charge in [0.15, 0.2) is 5.43 Å². The van der Waals surface area contributed by atoms with Crippen molar-refractivity contribution in [3.63, 3.8) is 0 Å². The Morgan fingerprint density at radius 1 is 0.542 bits per heavy atom. The maximum absolute atomic E-state index is 12.5. The Balaban J connectivity index is 1.89. The van der Waals surface area contributed by atoms with Crippen molar-refractivity contribution in [2.75, 3.05) is 0 Å². The fourth-order valence-corrected chi connectivity index (χ4v) is 2.37. The van der Waals surface area contributed by atoms with Crippen LogP contribution in [0.4, 0.5) is 26.3 Å². The summed E-state index contributed by atoms with van der Waals surface area (Å²) in [4.78, 5) is 11.9. The molecular weight excluding hydrogens is 334 g/mol. The lowest BCUT2D eigenvalue weighted by molar-refractivity contribution is -0.138. The van der Waals surface area contributed by atoms with Gasteiger partial charge in [-0.1, -0.05) is 24.3 Å². The van der Waals surface area contributed by atoms with Gasteiger partial charge in [0, 0.05) is 11.1 Å². The first kappa shape index (κ1) is 16.3. The molecular formula is C17H8F6O. The van der Waals surface area contributed by atoms with Crippen molar-refractivity contribution < 1.29 is 26.3 Å². The van der Waals surface area contributed by atoms with E-state index in [1.807, 2.05) is 0 Å². The maximum atomic E-state index is 12.5. The highest BCUT2D eigenvalue weighted by atomic mass is 19.4. The van der Waals surface area contributed by atoms with E-state index in [1.165, 1.54) is 24.3 Å². The van der Waals surface area contributed by atoms with E-state index in [4.69, 9.17) is 0 Å². The molecule has 0 saturated heterocycles. The van der Waals surface area contributed by atoms with Crippen molar-refractivity contribution in [1.29, 1.82) is 0 Å². The van der Waals surface area contributed by atoms with Crippen molar-refractivity contribution in [2.24, 2.45) is 0 Å². The monoisotopic (exact) mass is 342 g/mol. The van der Waals surface area contributed by atoms with Gasteiger partial charge in [-0.2, -0.15) is 26.3 Å². The first-order chi connectivity index (χ1) is 11.1. The third-order valence-electron chi connectivity index (χ3n) is 3.64. The number of hydrogen-bond donors (Lipinski definition) is 0. The second kappa shape index (κ2) is 5.22. The molecule has 1 nitrogen and oxygen atoms in total. The predicted octanol–water partition coefficient (Wildman–Crippen LogP) is 5.29. The fourth-order valence-electron chi connectivity index (χ4n) is 2.37. The van der Waals surface area contributed by atoms with Crippen LogP contribution in [0.5, 0.6) is 0 Å². The molecule has 3 aromatic carbocycles. The van der Waals surface area contributed by atoms with Gasteiger partial charge in [0.05, 0.1) is 11.1 Å². The van der Waals surface area contributed by atoms with Crippen LogP contribution in [0.15, 0.2) is 53.3 Å². The summed E-state index contributed by atoms with van der Waals surface area (Å²) in [5.41, 5.74) is -0.987. The summed E-state index contributed by atoms with van der Waals surface area (Å²) in [5.74, 6) is 0. The molecule has 0 radical (unpaired) electrons. The lowest BCUT2D eigenvalue weighted by atomic mass is 10.1. The van der Waals surface area contributed by atoms with Crippen LogP contribution < -0.4 is 5.43 Å². The zero-order valence-corrected chi connectivity index (χ0v) is 11.8. The molecule has 0 heterocycles. The standard InChI is InChI=1S/C17H8F6O/c18-16(19,20)11-5-1-9(2-6-11)13-14(15(13)24)10-3-7-12(8-4-10)17(21,22)23/h1-8H. The van der Waals surface area contributed by atoms with E-state index >= 15 is 0 Å². The molecule has 0 spiro atoms. The molecule has 0 fully saturated rings. The predicted molar refractivity (Wildman–Crippen MR) is 76.0 cm³/mol.